The van der Waals surface area contributed by atoms with Gasteiger partial charge in [0, 0.05) is 24.5 Å². The highest BCUT2D eigenvalue weighted by Gasteiger charge is 2.16. The van der Waals surface area contributed by atoms with Gasteiger partial charge in [0.25, 0.3) is 5.91 Å². The second-order valence-corrected chi connectivity index (χ2v) is 6.72. The number of amides is 2. The summed E-state index contributed by atoms with van der Waals surface area (Å²) in [4.78, 5) is 26.4. The SMILES string of the molecule is C[C@@H](Oc1ccc(F)cc1)C(=O)Nc1ccc(NC(=O)CN2CCOCC2)cc1. The molecule has 1 heterocycles. The van der Waals surface area contributed by atoms with E-state index < -0.39 is 6.10 Å². The molecule has 0 aromatic heterocycles. The summed E-state index contributed by atoms with van der Waals surface area (Å²) in [5, 5.41) is 5.59. The van der Waals surface area contributed by atoms with Crippen molar-refractivity contribution in [2.24, 2.45) is 0 Å². The fourth-order valence-electron chi connectivity index (χ4n) is 2.81. The van der Waals surface area contributed by atoms with E-state index in [9.17, 15) is 14.0 Å². The summed E-state index contributed by atoms with van der Waals surface area (Å²) in [6.45, 7) is 4.71. The van der Waals surface area contributed by atoms with Crippen LogP contribution in [0, 0.1) is 5.82 Å². The maximum Gasteiger partial charge on any atom is 0.265 e. The number of benzene rings is 2. The van der Waals surface area contributed by atoms with E-state index in [1.165, 1.54) is 24.3 Å². The molecule has 2 aromatic rings. The van der Waals surface area contributed by atoms with Gasteiger partial charge in [-0.1, -0.05) is 0 Å². The lowest BCUT2D eigenvalue weighted by molar-refractivity contribution is -0.122. The normalized spacial score (nSPS) is 15.4. The van der Waals surface area contributed by atoms with Gasteiger partial charge in [-0.25, -0.2) is 4.39 Å². The summed E-state index contributed by atoms with van der Waals surface area (Å²) in [6.07, 6.45) is -0.756. The molecule has 0 saturated carbocycles. The number of anilines is 2. The number of hydrogen-bond donors (Lipinski definition) is 2. The summed E-state index contributed by atoms with van der Waals surface area (Å²) in [6, 6.07) is 12.3. The minimum absolute atomic E-state index is 0.0926. The molecule has 2 N–H and O–H groups in total. The first kappa shape index (κ1) is 20.8. The minimum Gasteiger partial charge on any atom is -0.481 e. The first-order valence-corrected chi connectivity index (χ1v) is 9.43. The molecule has 1 saturated heterocycles. The van der Waals surface area contributed by atoms with Crippen molar-refractivity contribution in [1.82, 2.24) is 4.90 Å². The van der Waals surface area contributed by atoms with Crippen LogP contribution in [0.4, 0.5) is 15.8 Å². The van der Waals surface area contributed by atoms with Gasteiger partial charge in [-0.05, 0) is 55.5 Å². The Morgan fingerprint density at radius 1 is 1.03 bits per heavy atom. The minimum atomic E-state index is -0.756. The van der Waals surface area contributed by atoms with Crippen molar-refractivity contribution >= 4 is 23.2 Å². The number of nitrogens with zero attached hydrogens (tertiary/aromatic N) is 1. The monoisotopic (exact) mass is 401 g/mol. The summed E-state index contributed by atoms with van der Waals surface area (Å²) in [5.41, 5.74) is 1.23. The van der Waals surface area contributed by atoms with Gasteiger partial charge in [-0.15, -0.1) is 0 Å². The summed E-state index contributed by atoms with van der Waals surface area (Å²) in [7, 11) is 0. The molecular formula is C21H24FN3O4. The maximum absolute atomic E-state index is 12.9. The van der Waals surface area contributed by atoms with E-state index in [0.717, 1.165) is 13.1 Å². The molecule has 7 nitrogen and oxygen atoms in total. The number of hydrogen-bond acceptors (Lipinski definition) is 5. The Morgan fingerprint density at radius 3 is 2.24 bits per heavy atom. The van der Waals surface area contributed by atoms with Crippen molar-refractivity contribution in [3.63, 3.8) is 0 Å². The zero-order valence-corrected chi connectivity index (χ0v) is 16.2. The van der Waals surface area contributed by atoms with Crippen molar-refractivity contribution in [3.8, 4) is 5.75 Å². The second-order valence-electron chi connectivity index (χ2n) is 6.72. The van der Waals surface area contributed by atoms with E-state index >= 15 is 0 Å². The van der Waals surface area contributed by atoms with Gasteiger partial charge in [-0.2, -0.15) is 0 Å². The molecule has 2 aromatic carbocycles. The quantitative estimate of drug-likeness (QED) is 0.745. The van der Waals surface area contributed by atoms with Gasteiger partial charge in [-0.3, -0.25) is 14.5 Å². The van der Waals surface area contributed by atoms with Gasteiger partial charge >= 0.3 is 0 Å². The fraction of sp³-hybridized carbons (Fsp3) is 0.333. The molecule has 1 atom stereocenters. The average molecular weight is 401 g/mol. The molecule has 0 spiro atoms. The first-order chi connectivity index (χ1) is 14.0. The van der Waals surface area contributed by atoms with Crippen LogP contribution in [0.25, 0.3) is 0 Å². The largest absolute Gasteiger partial charge is 0.481 e. The van der Waals surface area contributed by atoms with Gasteiger partial charge in [0.2, 0.25) is 5.91 Å². The Labute approximate surface area is 168 Å². The molecule has 154 valence electrons. The number of morpholine rings is 1. The van der Waals surface area contributed by atoms with E-state index in [4.69, 9.17) is 9.47 Å². The van der Waals surface area contributed by atoms with Crippen LogP contribution >= 0.6 is 0 Å². The number of carbonyl (C=O) groups excluding carboxylic acids is 2. The molecule has 0 aliphatic carbocycles. The summed E-state index contributed by atoms with van der Waals surface area (Å²) >= 11 is 0. The third kappa shape index (κ3) is 6.55. The van der Waals surface area contributed by atoms with Crippen molar-refractivity contribution in [2.45, 2.75) is 13.0 Å². The summed E-state index contributed by atoms with van der Waals surface area (Å²) in [5.74, 6) is -0.387. The predicted octanol–water partition coefficient (Wildman–Crippen LogP) is 2.50. The highest BCUT2D eigenvalue weighted by Crippen LogP contribution is 2.16. The van der Waals surface area contributed by atoms with Gasteiger partial charge < -0.3 is 20.1 Å². The molecular weight excluding hydrogens is 377 g/mol. The van der Waals surface area contributed by atoms with Crippen LogP contribution in [0.1, 0.15) is 6.92 Å². The Kier molecular flexibility index (Phi) is 7.15. The van der Waals surface area contributed by atoms with Gasteiger partial charge in [0.05, 0.1) is 19.8 Å². The van der Waals surface area contributed by atoms with Gasteiger partial charge in [0.1, 0.15) is 11.6 Å². The molecule has 2 amide bonds. The zero-order chi connectivity index (χ0) is 20.6. The van der Waals surface area contributed by atoms with E-state index in [1.54, 1.807) is 31.2 Å². The number of rotatable bonds is 7. The highest BCUT2D eigenvalue weighted by atomic mass is 19.1. The van der Waals surface area contributed by atoms with E-state index in [-0.39, 0.29) is 17.6 Å². The van der Waals surface area contributed by atoms with Crippen molar-refractivity contribution < 1.29 is 23.5 Å². The number of nitrogens with one attached hydrogen (secondary N) is 2. The van der Waals surface area contributed by atoms with Crippen LogP contribution in [0.2, 0.25) is 0 Å². The van der Waals surface area contributed by atoms with Crippen LogP contribution in [0.3, 0.4) is 0 Å². The Morgan fingerprint density at radius 2 is 1.62 bits per heavy atom. The molecule has 0 radical (unpaired) electrons. The Bertz CT molecular complexity index is 821. The van der Waals surface area contributed by atoms with Crippen LogP contribution in [-0.2, 0) is 14.3 Å². The van der Waals surface area contributed by atoms with E-state index in [0.29, 0.717) is 36.9 Å². The lowest BCUT2D eigenvalue weighted by Gasteiger charge is -2.25. The van der Waals surface area contributed by atoms with E-state index in [1.807, 2.05) is 4.90 Å². The predicted molar refractivity (Wildman–Crippen MR) is 107 cm³/mol. The van der Waals surface area contributed by atoms with Crippen molar-refractivity contribution in [1.29, 1.82) is 0 Å². The number of ether oxygens (including phenoxy) is 2. The molecule has 1 aliphatic heterocycles. The molecule has 0 unspecified atom stereocenters. The topological polar surface area (TPSA) is 79.9 Å². The smallest absolute Gasteiger partial charge is 0.265 e. The molecule has 3 rings (SSSR count). The number of halogens is 1. The van der Waals surface area contributed by atoms with Crippen LogP contribution in [-0.4, -0.2) is 55.7 Å². The van der Waals surface area contributed by atoms with Crippen LogP contribution in [0.15, 0.2) is 48.5 Å². The third-order valence-electron chi connectivity index (χ3n) is 4.40. The standard InChI is InChI=1S/C21H24FN3O4/c1-15(29-19-8-2-16(22)3-9-19)21(27)24-18-6-4-17(5-7-18)23-20(26)14-25-10-12-28-13-11-25/h2-9,15H,10-14H2,1H3,(H,23,26)(H,24,27)/t15-/m1/s1. The van der Waals surface area contributed by atoms with Crippen molar-refractivity contribution in [2.75, 3.05) is 43.5 Å². The summed E-state index contributed by atoms with van der Waals surface area (Å²) < 4.78 is 23.7. The maximum atomic E-state index is 12.9. The Balaban J connectivity index is 1.47. The second kappa shape index (κ2) is 9.99. The molecule has 1 aliphatic rings. The zero-order valence-electron chi connectivity index (χ0n) is 16.2. The van der Waals surface area contributed by atoms with Crippen LogP contribution in [0.5, 0.6) is 5.75 Å². The fourth-order valence-corrected chi connectivity index (χ4v) is 2.81. The molecule has 29 heavy (non-hydrogen) atoms. The lowest BCUT2D eigenvalue weighted by Crippen LogP contribution is -2.41. The average Bonchev–Trinajstić information content (AvgIpc) is 2.72. The molecule has 1 fully saturated rings. The lowest BCUT2D eigenvalue weighted by atomic mass is 10.2. The molecule has 0 bridgehead atoms. The van der Waals surface area contributed by atoms with Crippen molar-refractivity contribution in [3.05, 3.63) is 54.3 Å². The number of carbonyl (C=O) groups is 2. The Hall–Kier alpha value is -2.97. The van der Waals surface area contributed by atoms with Gasteiger partial charge in [0.15, 0.2) is 6.10 Å². The highest BCUT2D eigenvalue weighted by molar-refractivity contribution is 5.95. The third-order valence-corrected chi connectivity index (χ3v) is 4.40. The van der Waals surface area contributed by atoms with Crippen LogP contribution < -0.4 is 15.4 Å². The molecule has 8 heteroatoms. The van der Waals surface area contributed by atoms with E-state index in [2.05, 4.69) is 10.6 Å². The first-order valence-electron chi connectivity index (χ1n) is 9.43.